The third-order valence-corrected chi connectivity index (χ3v) is 4.92. The van der Waals surface area contributed by atoms with E-state index in [1.807, 2.05) is 48.5 Å². The van der Waals surface area contributed by atoms with E-state index in [-0.39, 0.29) is 11.9 Å². The van der Waals surface area contributed by atoms with Gasteiger partial charge in [0.25, 0.3) is 0 Å². The van der Waals surface area contributed by atoms with E-state index in [0.717, 1.165) is 48.2 Å². The van der Waals surface area contributed by atoms with Gasteiger partial charge < -0.3 is 15.4 Å². The number of hydrogen-bond donors (Lipinski definition) is 2. The number of nitriles is 1. The van der Waals surface area contributed by atoms with Crippen molar-refractivity contribution in [3.05, 3.63) is 54.1 Å². The molecule has 140 valence electrons. The quantitative estimate of drug-likeness (QED) is 0.827. The minimum Gasteiger partial charge on any atom is -0.497 e. The van der Waals surface area contributed by atoms with Crippen molar-refractivity contribution in [2.75, 3.05) is 13.7 Å². The van der Waals surface area contributed by atoms with Gasteiger partial charge in [-0.3, -0.25) is 4.79 Å². The second-order valence-electron chi connectivity index (χ2n) is 6.82. The van der Waals surface area contributed by atoms with Crippen molar-refractivity contribution in [1.29, 1.82) is 5.26 Å². The second kappa shape index (κ2) is 9.20. The predicted molar refractivity (Wildman–Crippen MR) is 105 cm³/mol. The summed E-state index contributed by atoms with van der Waals surface area (Å²) in [5, 5.41) is 15.5. The number of carbonyl (C=O) groups excluding carboxylic acids is 1. The number of amides is 1. The molecule has 27 heavy (non-hydrogen) atoms. The molecular weight excluding hydrogens is 338 g/mol. The van der Waals surface area contributed by atoms with Crippen LogP contribution in [0.2, 0.25) is 0 Å². The van der Waals surface area contributed by atoms with Gasteiger partial charge in [0.05, 0.1) is 19.2 Å². The molecule has 0 aromatic heterocycles. The molecule has 0 bridgehead atoms. The second-order valence-corrected chi connectivity index (χ2v) is 6.82. The van der Waals surface area contributed by atoms with E-state index in [1.165, 1.54) is 0 Å². The highest BCUT2D eigenvalue weighted by atomic mass is 16.5. The van der Waals surface area contributed by atoms with E-state index < -0.39 is 6.04 Å². The zero-order valence-corrected chi connectivity index (χ0v) is 15.6. The summed E-state index contributed by atoms with van der Waals surface area (Å²) < 4.78 is 5.19. The molecule has 2 aromatic rings. The molecule has 1 heterocycles. The Morgan fingerprint density at radius 3 is 2.41 bits per heavy atom. The van der Waals surface area contributed by atoms with Crippen molar-refractivity contribution in [3.8, 4) is 22.9 Å². The Morgan fingerprint density at radius 2 is 1.85 bits per heavy atom. The Balaban J connectivity index is 1.60. The molecule has 1 aliphatic heterocycles. The lowest BCUT2D eigenvalue weighted by Crippen LogP contribution is -2.49. The molecule has 5 nitrogen and oxygen atoms in total. The molecule has 1 amide bonds. The number of piperidine rings is 1. The Kier molecular flexibility index (Phi) is 6.45. The van der Waals surface area contributed by atoms with Crippen LogP contribution in [-0.4, -0.2) is 31.6 Å². The number of benzene rings is 2. The monoisotopic (exact) mass is 363 g/mol. The minimum atomic E-state index is -0.520. The summed E-state index contributed by atoms with van der Waals surface area (Å²) in [5.41, 5.74) is 3.23. The Bertz CT molecular complexity index is 788. The van der Waals surface area contributed by atoms with E-state index >= 15 is 0 Å². The fourth-order valence-corrected chi connectivity index (χ4v) is 3.33. The van der Waals surface area contributed by atoms with Crippen molar-refractivity contribution in [2.24, 2.45) is 0 Å². The van der Waals surface area contributed by atoms with Crippen LogP contribution in [0.25, 0.3) is 11.1 Å². The molecule has 1 saturated heterocycles. The summed E-state index contributed by atoms with van der Waals surface area (Å²) in [6, 6.07) is 17.5. The Morgan fingerprint density at radius 1 is 1.19 bits per heavy atom. The number of nitrogens with zero attached hydrogens (tertiary/aromatic N) is 1. The lowest BCUT2D eigenvalue weighted by atomic mass is 10.00. The highest BCUT2D eigenvalue weighted by molar-refractivity contribution is 5.82. The molecular formula is C22H25N3O2. The van der Waals surface area contributed by atoms with E-state index in [9.17, 15) is 10.1 Å². The van der Waals surface area contributed by atoms with Crippen LogP contribution in [0.3, 0.4) is 0 Å². The average molecular weight is 363 g/mol. The third kappa shape index (κ3) is 5.08. The molecule has 3 rings (SSSR count). The maximum absolute atomic E-state index is 12.3. The van der Waals surface area contributed by atoms with Gasteiger partial charge in [-0.15, -0.1) is 0 Å². The van der Waals surface area contributed by atoms with Gasteiger partial charge in [-0.2, -0.15) is 5.26 Å². The van der Waals surface area contributed by atoms with Gasteiger partial charge >= 0.3 is 0 Å². The molecule has 0 radical (unpaired) electrons. The average Bonchev–Trinajstić information content (AvgIpc) is 2.74. The largest absolute Gasteiger partial charge is 0.497 e. The van der Waals surface area contributed by atoms with Crippen LogP contribution in [0.5, 0.6) is 5.75 Å². The molecule has 1 aliphatic rings. The normalized spacial score (nSPS) is 17.6. The molecule has 2 N–H and O–H groups in total. The topological polar surface area (TPSA) is 74.1 Å². The van der Waals surface area contributed by atoms with E-state index in [0.29, 0.717) is 6.42 Å². The van der Waals surface area contributed by atoms with Crippen molar-refractivity contribution in [3.63, 3.8) is 0 Å². The van der Waals surface area contributed by atoms with E-state index in [2.05, 4.69) is 16.7 Å². The predicted octanol–water partition coefficient (Wildman–Crippen LogP) is 3.06. The zero-order chi connectivity index (χ0) is 19.1. The molecule has 2 aromatic carbocycles. The number of carbonyl (C=O) groups is 1. The summed E-state index contributed by atoms with van der Waals surface area (Å²) in [4.78, 5) is 12.3. The lowest BCUT2D eigenvalue weighted by Gasteiger charge is -2.23. The van der Waals surface area contributed by atoms with Crippen molar-refractivity contribution in [2.45, 2.75) is 37.8 Å². The number of ether oxygens (including phenoxy) is 1. The van der Waals surface area contributed by atoms with Gasteiger partial charge in [0.1, 0.15) is 11.8 Å². The zero-order valence-electron chi connectivity index (χ0n) is 15.6. The summed E-state index contributed by atoms with van der Waals surface area (Å²) in [6.45, 7) is 0.863. The van der Waals surface area contributed by atoms with Crippen LogP contribution < -0.4 is 15.4 Å². The Hall–Kier alpha value is -2.84. The molecule has 0 aliphatic carbocycles. The van der Waals surface area contributed by atoms with Gasteiger partial charge in [-0.05, 0) is 48.2 Å². The number of rotatable bonds is 6. The van der Waals surface area contributed by atoms with Crippen LogP contribution in [-0.2, 0) is 11.2 Å². The maximum Gasteiger partial charge on any atom is 0.238 e. The molecule has 2 atom stereocenters. The van der Waals surface area contributed by atoms with Crippen LogP contribution in [0.1, 0.15) is 24.8 Å². The Labute approximate surface area is 160 Å². The first-order chi connectivity index (χ1) is 13.2. The first-order valence-electron chi connectivity index (χ1n) is 9.36. The van der Waals surface area contributed by atoms with Crippen molar-refractivity contribution < 1.29 is 9.53 Å². The summed E-state index contributed by atoms with van der Waals surface area (Å²) in [6.07, 6.45) is 3.49. The van der Waals surface area contributed by atoms with Crippen LogP contribution in [0.15, 0.2) is 48.5 Å². The molecule has 0 saturated carbocycles. The fraction of sp³-hybridized carbons (Fsp3) is 0.364. The van der Waals surface area contributed by atoms with Gasteiger partial charge in [0.2, 0.25) is 5.91 Å². The third-order valence-electron chi connectivity index (χ3n) is 4.92. The first kappa shape index (κ1) is 18.9. The van der Waals surface area contributed by atoms with Gasteiger partial charge in [-0.25, -0.2) is 0 Å². The van der Waals surface area contributed by atoms with Crippen LogP contribution in [0.4, 0.5) is 0 Å². The maximum atomic E-state index is 12.3. The number of methoxy groups -OCH3 is 1. The summed E-state index contributed by atoms with van der Waals surface area (Å²) >= 11 is 0. The molecule has 1 unspecified atom stereocenters. The fourth-order valence-electron chi connectivity index (χ4n) is 3.33. The SMILES string of the molecule is COc1ccc(-c2ccc(C[C@@H](C#N)NC(=O)C3CCCCN3)cc2)cc1. The summed E-state index contributed by atoms with van der Waals surface area (Å²) in [5.74, 6) is 0.756. The standard InChI is InChI=1S/C22H25N3O2/c1-27-20-11-9-18(10-12-20)17-7-5-16(6-8-17)14-19(15-23)25-22(26)21-4-2-3-13-24-21/h5-12,19,21,24H,2-4,13-14H2,1H3,(H,25,26)/t19-,21?/m0/s1. The molecule has 0 spiro atoms. The van der Waals surface area contributed by atoms with Crippen LogP contribution >= 0.6 is 0 Å². The van der Waals surface area contributed by atoms with E-state index in [4.69, 9.17) is 4.74 Å². The lowest BCUT2D eigenvalue weighted by molar-refractivity contribution is -0.124. The smallest absolute Gasteiger partial charge is 0.238 e. The van der Waals surface area contributed by atoms with Crippen LogP contribution in [0, 0.1) is 11.3 Å². The van der Waals surface area contributed by atoms with Gasteiger partial charge in [-0.1, -0.05) is 42.8 Å². The molecule has 5 heteroatoms. The highest BCUT2D eigenvalue weighted by Crippen LogP contribution is 2.23. The van der Waals surface area contributed by atoms with Gasteiger partial charge in [0.15, 0.2) is 0 Å². The van der Waals surface area contributed by atoms with Crippen molar-refractivity contribution in [1.82, 2.24) is 10.6 Å². The highest BCUT2D eigenvalue weighted by Gasteiger charge is 2.22. The minimum absolute atomic E-state index is 0.0731. The van der Waals surface area contributed by atoms with E-state index in [1.54, 1.807) is 7.11 Å². The number of hydrogen-bond acceptors (Lipinski definition) is 4. The number of nitrogens with one attached hydrogen (secondary N) is 2. The molecule has 1 fully saturated rings. The summed E-state index contributed by atoms with van der Waals surface area (Å²) in [7, 11) is 1.65. The van der Waals surface area contributed by atoms with Crippen molar-refractivity contribution >= 4 is 5.91 Å². The van der Waals surface area contributed by atoms with Gasteiger partial charge in [0, 0.05) is 6.42 Å². The first-order valence-corrected chi connectivity index (χ1v) is 9.36.